The lowest BCUT2D eigenvalue weighted by molar-refractivity contribution is -0.121. The number of rotatable bonds is 11. The molecule has 0 aromatic rings. The second-order valence-electron chi connectivity index (χ2n) is 3.86. The van der Waals surface area contributed by atoms with Gasteiger partial charge in [-0.25, -0.2) is 0 Å². The van der Waals surface area contributed by atoms with E-state index in [2.05, 4.69) is 5.32 Å². The first-order valence-electron chi connectivity index (χ1n) is 5.52. The molecule has 0 fully saturated rings. The summed E-state index contributed by atoms with van der Waals surface area (Å²) >= 11 is 1.30. The monoisotopic (exact) mass is 313 g/mol. The first-order valence-corrected chi connectivity index (χ1v) is 8.29. The molecule has 0 saturated carbocycles. The maximum Gasteiger partial charge on any atom is 0.264 e. The molecule has 8 nitrogen and oxygen atoms in total. The SMILES string of the molecule is NC(CNC=O)C(=O)C(N)CSCCCS(=O)(=O)O. The van der Waals surface area contributed by atoms with Crippen molar-refractivity contribution < 1.29 is 22.6 Å². The van der Waals surface area contributed by atoms with Gasteiger partial charge in [-0.3, -0.25) is 14.1 Å². The lowest BCUT2D eigenvalue weighted by atomic mass is 10.1. The van der Waals surface area contributed by atoms with Crippen molar-refractivity contribution in [3.8, 4) is 0 Å². The smallest absolute Gasteiger partial charge is 0.264 e. The number of nitrogens with one attached hydrogen (secondary N) is 1. The van der Waals surface area contributed by atoms with Gasteiger partial charge in [-0.2, -0.15) is 20.2 Å². The number of amides is 1. The number of ketones is 1. The molecule has 0 saturated heterocycles. The number of carbonyl (C=O) groups is 2. The Morgan fingerprint density at radius 1 is 1.37 bits per heavy atom. The van der Waals surface area contributed by atoms with Crippen molar-refractivity contribution in [2.75, 3.05) is 23.8 Å². The molecule has 1 amide bonds. The molecule has 6 N–H and O–H groups in total. The molecule has 0 aromatic carbocycles. The Labute approximate surface area is 116 Å². The molecule has 0 aliphatic carbocycles. The van der Waals surface area contributed by atoms with Crippen LogP contribution >= 0.6 is 11.8 Å². The average molecular weight is 313 g/mol. The summed E-state index contributed by atoms with van der Waals surface area (Å²) in [7, 11) is -3.94. The molecule has 0 aliphatic heterocycles. The molecule has 0 aliphatic rings. The van der Waals surface area contributed by atoms with Gasteiger partial charge in [-0.1, -0.05) is 0 Å². The zero-order valence-electron chi connectivity index (χ0n) is 10.3. The Morgan fingerprint density at radius 2 is 2.00 bits per heavy atom. The first kappa shape index (κ1) is 18.3. The van der Waals surface area contributed by atoms with Crippen molar-refractivity contribution in [2.45, 2.75) is 18.5 Å². The van der Waals surface area contributed by atoms with E-state index in [9.17, 15) is 18.0 Å². The Balaban J connectivity index is 3.81. The van der Waals surface area contributed by atoms with Crippen LogP contribution in [0.1, 0.15) is 6.42 Å². The molecule has 10 heteroatoms. The molecule has 19 heavy (non-hydrogen) atoms. The van der Waals surface area contributed by atoms with E-state index < -0.39 is 22.2 Å². The van der Waals surface area contributed by atoms with Crippen LogP contribution < -0.4 is 16.8 Å². The predicted molar refractivity (Wildman–Crippen MR) is 73.4 cm³/mol. The lowest BCUT2D eigenvalue weighted by Crippen LogP contribution is -2.49. The molecular weight excluding hydrogens is 294 g/mol. The standard InChI is InChI=1S/C9H19N3O5S2/c10-7(4-12-6-13)9(14)8(11)5-18-2-1-3-19(15,16)17/h6-8H,1-5,10-11H2,(H,12,13)(H,15,16,17). The molecule has 112 valence electrons. The third-order valence-electron chi connectivity index (χ3n) is 2.14. The van der Waals surface area contributed by atoms with Crippen molar-refractivity contribution in [2.24, 2.45) is 11.5 Å². The van der Waals surface area contributed by atoms with Crippen LogP contribution in [0.15, 0.2) is 0 Å². The summed E-state index contributed by atoms with van der Waals surface area (Å²) in [6.07, 6.45) is 0.728. The second kappa shape index (κ2) is 9.26. The molecule has 0 spiro atoms. The van der Waals surface area contributed by atoms with Gasteiger partial charge in [0.2, 0.25) is 6.41 Å². The van der Waals surface area contributed by atoms with Gasteiger partial charge >= 0.3 is 0 Å². The molecule has 0 radical (unpaired) electrons. The second-order valence-corrected chi connectivity index (χ2v) is 6.58. The van der Waals surface area contributed by atoms with Gasteiger partial charge in [0.15, 0.2) is 5.78 Å². The maximum atomic E-state index is 11.6. The number of Topliss-reactive ketones (excluding diaryl/α,β-unsaturated/α-hetero) is 1. The van der Waals surface area contributed by atoms with Crippen LogP contribution in [-0.4, -0.2) is 61.1 Å². The van der Waals surface area contributed by atoms with E-state index >= 15 is 0 Å². The Bertz CT molecular complexity index is 387. The summed E-state index contributed by atoms with van der Waals surface area (Å²) in [5, 5.41) is 2.29. The normalized spacial score (nSPS) is 14.7. The highest BCUT2D eigenvalue weighted by Crippen LogP contribution is 2.06. The maximum absolute atomic E-state index is 11.6. The third kappa shape index (κ3) is 9.85. The zero-order chi connectivity index (χ0) is 14.9. The highest BCUT2D eigenvalue weighted by Gasteiger charge is 2.20. The van der Waals surface area contributed by atoms with Crippen molar-refractivity contribution in [1.29, 1.82) is 0 Å². The Kier molecular flexibility index (Phi) is 8.93. The summed E-state index contributed by atoms with van der Waals surface area (Å²) in [6, 6.07) is -1.61. The molecule has 0 rings (SSSR count). The van der Waals surface area contributed by atoms with Crippen LogP contribution in [0.3, 0.4) is 0 Å². The van der Waals surface area contributed by atoms with Gasteiger partial charge in [0.05, 0.1) is 17.8 Å². The van der Waals surface area contributed by atoms with E-state index in [1.54, 1.807) is 0 Å². The Hall–Kier alpha value is -0.680. The van der Waals surface area contributed by atoms with Crippen LogP contribution in [-0.2, 0) is 19.7 Å². The van der Waals surface area contributed by atoms with Crippen molar-refractivity contribution in [3.05, 3.63) is 0 Å². The van der Waals surface area contributed by atoms with Crippen LogP contribution in [0.4, 0.5) is 0 Å². The fourth-order valence-electron chi connectivity index (χ4n) is 1.19. The third-order valence-corrected chi connectivity index (χ3v) is 4.12. The van der Waals surface area contributed by atoms with Crippen molar-refractivity contribution >= 4 is 34.1 Å². The molecule has 0 bridgehead atoms. The van der Waals surface area contributed by atoms with Crippen LogP contribution in [0.25, 0.3) is 0 Å². The van der Waals surface area contributed by atoms with Gasteiger partial charge in [0.25, 0.3) is 10.1 Å². The summed E-state index contributed by atoms with van der Waals surface area (Å²) in [4.78, 5) is 21.7. The van der Waals surface area contributed by atoms with Crippen LogP contribution in [0.5, 0.6) is 0 Å². The van der Waals surface area contributed by atoms with E-state index in [1.807, 2.05) is 0 Å². The van der Waals surface area contributed by atoms with E-state index in [-0.39, 0.29) is 24.5 Å². The number of carbonyl (C=O) groups excluding carboxylic acids is 2. The minimum Gasteiger partial charge on any atom is -0.357 e. The largest absolute Gasteiger partial charge is 0.357 e. The number of nitrogens with two attached hydrogens (primary N) is 2. The zero-order valence-corrected chi connectivity index (χ0v) is 12.0. The van der Waals surface area contributed by atoms with Gasteiger partial charge in [-0.05, 0) is 12.2 Å². The van der Waals surface area contributed by atoms with E-state index in [4.69, 9.17) is 16.0 Å². The molecule has 0 heterocycles. The quantitative estimate of drug-likeness (QED) is 0.193. The number of hydrogen-bond acceptors (Lipinski definition) is 7. The average Bonchev–Trinajstić information content (AvgIpc) is 2.32. The van der Waals surface area contributed by atoms with Crippen LogP contribution in [0, 0.1) is 0 Å². The Morgan fingerprint density at radius 3 is 2.53 bits per heavy atom. The van der Waals surface area contributed by atoms with Gasteiger partial charge in [0, 0.05) is 12.3 Å². The highest BCUT2D eigenvalue weighted by atomic mass is 32.2. The topological polar surface area (TPSA) is 153 Å². The van der Waals surface area contributed by atoms with Gasteiger partial charge in [0.1, 0.15) is 0 Å². The fourth-order valence-corrected chi connectivity index (χ4v) is 2.81. The summed E-state index contributed by atoms with van der Waals surface area (Å²) in [5.74, 6) is 0.0878. The lowest BCUT2D eigenvalue weighted by Gasteiger charge is -2.15. The summed E-state index contributed by atoms with van der Waals surface area (Å²) in [6.45, 7) is 0.0312. The fraction of sp³-hybridized carbons (Fsp3) is 0.778. The summed E-state index contributed by atoms with van der Waals surface area (Å²) in [5.41, 5.74) is 11.1. The van der Waals surface area contributed by atoms with Crippen molar-refractivity contribution in [3.63, 3.8) is 0 Å². The minimum absolute atomic E-state index is 0.0312. The van der Waals surface area contributed by atoms with E-state index in [1.165, 1.54) is 11.8 Å². The summed E-state index contributed by atoms with van der Waals surface area (Å²) < 4.78 is 29.4. The minimum atomic E-state index is -3.94. The van der Waals surface area contributed by atoms with Gasteiger partial charge < -0.3 is 16.8 Å². The van der Waals surface area contributed by atoms with E-state index in [0.717, 1.165) is 0 Å². The molecule has 2 unspecified atom stereocenters. The molecule has 2 atom stereocenters. The van der Waals surface area contributed by atoms with E-state index in [0.29, 0.717) is 17.9 Å². The van der Waals surface area contributed by atoms with Gasteiger partial charge in [-0.15, -0.1) is 0 Å². The molecular formula is C9H19N3O5S2. The van der Waals surface area contributed by atoms with Crippen molar-refractivity contribution in [1.82, 2.24) is 5.32 Å². The number of thioether (sulfide) groups is 1. The highest BCUT2D eigenvalue weighted by molar-refractivity contribution is 7.99. The number of hydrogen-bond donors (Lipinski definition) is 4. The molecule has 0 aromatic heterocycles. The predicted octanol–water partition coefficient (Wildman–Crippen LogP) is -2.03. The first-order chi connectivity index (χ1) is 8.78. The van der Waals surface area contributed by atoms with Crippen LogP contribution in [0.2, 0.25) is 0 Å².